The maximum absolute atomic E-state index is 11.3. The third-order valence-electron chi connectivity index (χ3n) is 2.73. The smallest absolute Gasteiger partial charge is 0.234 e. The van der Waals surface area contributed by atoms with Gasteiger partial charge in [-0.05, 0) is 19.9 Å². The Labute approximate surface area is 97.5 Å². The molecule has 0 aromatic carbocycles. The monoisotopic (exact) mass is 229 g/mol. The number of ether oxygens (including phenoxy) is 1. The van der Waals surface area contributed by atoms with E-state index in [4.69, 9.17) is 4.74 Å². The average Bonchev–Trinajstić information content (AvgIpc) is 3.08. The minimum atomic E-state index is 0.0334. The molecule has 0 unspecified atom stereocenters. The van der Waals surface area contributed by atoms with Crippen molar-refractivity contribution in [2.45, 2.75) is 18.9 Å². The van der Waals surface area contributed by atoms with Gasteiger partial charge in [-0.2, -0.15) is 0 Å². The van der Waals surface area contributed by atoms with Crippen LogP contribution in [0.3, 0.4) is 0 Å². The molecular formula is C11H23N3O2. The summed E-state index contributed by atoms with van der Waals surface area (Å²) in [6, 6.07) is 0.789. The summed E-state index contributed by atoms with van der Waals surface area (Å²) in [7, 11) is 3.76. The second-order valence-corrected chi connectivity index (χ2v) is 4.23. The number of carbonyl (C=O) groups is 1. The molecule has 5 heteroatoms. The highest BCUT2D eigenvalue weighted by molar-refractivity contribution is 5.77. The Hall–Kier alpha value is -0.650. The molecule has 0 bridgehead atoms. The molecule has 2 N–H and O–H groups in total. The maximum Gasteiger partial charge on any atom is 0.234 e. The van der Waals surface area contributed by atoms with Crippen molar-refractivity contribution in [2.75, 3.05) is 46.9 Å². The van der Waals surface area contributed by atoms with Crippen LogP contribution in [0.25, 0.3) is 0 Å². The minimum Gasteiger partial charge on any atom is -0.383 e. The third-order valence-corrected chi connectivity index (χ3v) is 2.73. The number of hydrogen-bond donors (Lipinski definition) is 2. The Kier molecular flexibility index (Phi) is 6.37. The maximum atomic E-state index is 11.3. The molecule has 5 nitrogen and oxygen atoms in total. The summed E-state index contributed by atoms with van der Waals surface area (Å²) >= 11 is 0. The lowest BCUT2D eigenvalue weighted by Crippen LogP contribution is -2.38. The second-order valence-electron chi connectivity index (χ2n) is 4.23. The molecular weight excluding hydrogens is 206 g/mol. The van der Waals surface area contributed by atoms with Gasteiger partial charge in [0.15, 0.2) is 0 Å². The molecule has 0 saturated heterocycles. The molecule has 1 rings (SSSR count). The van der Waals surface area contributed by atoms with Crippen LogP contribution in [0.1, 0.15) is 12.8 Å². The second kappa shape index (κ2) is 7.60. The van der Waals surface area contributed by atoms with E-state index in [2.05, 4.69) is 22.6 Å². The molecule has 0 aromatic heterocycles. The fourth-order valence-corrected chi connectivity index (χ4v) is 1.51. The van der Waals surface area contributed by atoms with Gasteiger partial charge in [-0.3, -0.25) is 4.79 Å². The van der Waals surface area contributed by atoms with Crippen LogP contribution in [0.4, 0.5) is 0 Å². The van der Waals surface area contributed by atoms with Crippen LogP contribution in [0.2, 0.25) is 0 Å². The Morgan fingerprint density at radius 1 is 1.44 bits per heavy atom. The Bertz CT molecular complexity index is 207. The van der Waals surface area contributed by atoms with Crippen LogP contribution in [0.5, 0.6) is 0 Å². The zero-order valence-electron chi connectivity index (χ0n) is 10.3. The number of hydrogen-bond acceptors (Lipinski definition) is 4. The lowest BCUT2D eigenvalue weighted by molar-refractivity contribution is -0.120. The van der Waals surface area contributed by atoms with Crippen LogP contribution in [-0.4, -0.2) is 63.8 Å². The van der Waals surface area contributed by atoms with Crippen molar-refractivity contribution < 1.29 is 9.53 Å². The highest BCUT2D eigenvalue weighted by Gasteiger charge is 2.25. The lowest BCUT2D eigenvalue weighted by atomic mass is 10.4. The van der Waals surface area contributed by atoms with Gasteiger partial charge in [0, 0.05) is 32.8 Å². The van der Waals surface area contributed by atoms with E-state index in [1.54, 1.807) is 7.11 Å². The number of likely N-dealkylation sites (N-methyl/N-ethyl adjacent to an activating group) is 1. The van der Waals surface area contributed by atoms with Crippen LogP contribution < -0.4 is 10.6 Å². The van der Waals surface area contributed by atoms with Crippen molar-refractivity contribution in [2.24, 2.45) is 0 Å². The molecule has 1 amide bonds. The Balaban J connectivity index is 1.87. The van der Waals surface area contributed by atoms with Crippen molar-refractivity contribution in [3.8, 4) is 0 Å². The van der Waals surface area contributed by atoms with E-state index in [1.807, 2.05) is 0 Å². The van der Waals surface area contributed by atoms with Crippen molar-refractivity contribution in [1.82, 2.24) is 15.5 Å². The molecule has 0 aromatic rings. The molecule has 16 heavy (non-hydrogen) atoms. The highest BCUT2D eigenvalue weighted by Crippen LogP contribution is 2.24. The molecule has 1 fully saturated rings. The van der Waals surface area contributed by atoms with Gasteiger partial charge in [0.25, 0.3) is 0 Å². The number of nitrogens with zero attached hydrogens (tertiary/aromatic N) is 1. The average molecular weight is 229 g/mol. The summed E-state index contributed by atoms with van der Waals surface area (Å²) in [5, 5.41) is 5.90. The van der Waals surface area contributed by atoms with Gasteiger partial charge >= 0.3 is 0 Å². The van der Waals surface area contributed by atoms with Crippen molar-refractivity contribution in [3.63, 3.8) is 0 Å². The fraction of sp³-hybridized carbons (Fsp3) is 0.909. The SMILES string of the molecule is COCCNC(=O)CNCCN(C)C1CC1. The summed E-state index contributed by atoms with van der Waals surface area (Å²) in [6.45, 7) is 3.41. The summed E-state index contributed by atoms with van der Waals surface area (Å²) in [6.07, 6.45) is 2.65. The van der Waals surface area contributed by atoms with E-state index in [0.29, 0.717) is 19.7 Å². The topological polar surface area (TPSA) is 53.6 Å². The van der Waals surface area contributed by atoms with E-state index in [0.717, 1.165) is 19.1 Å². The van der Waals surface area contributed by atoms with Gasteiger partial charge in [0.05, 0.1) is 13.2 Å². The van der Waals surface area contributed by atoms with Crippen LogP contribution >= 0.6 is 0 Å². The summed E-state index contributed by atoms with van der Waals surface area (Å²) in [4.78, 5) is 13.6. The van der Waals surface area contributed by atoms with Gasteiger partial charge < -0.3 is 20.3 Å². The van der Waals surface area contributed by atoms with E-state index >= 15 is 0 Å². The third kappa shape index (κ3) is 6.05. The van der Waals surface area contributed by atoms with Crippen LogP contribution in [0, 0.1) is 0 Å². The Morgan fingerprint density at radius 2 is 2.19 bits per heavy atom. The van der Waals surface area contributed by atoms with Crippen molar-refractivity contribution in [1.29, 1.82) is 0 Å². The summed E-state index contributed by atoms with van der Waals surface area (Å²) in [5.41, 5.74) is 0. The molecule has 0 radical (unpaired) electrons. The number of rotatable bonds is 9. The molecule has 1 aliphatic carbocycles. The van der Waals surface area contributed by atoms with Gasteiger partial charge in [0.1, 0.15) is 0 Å². The van der Waals surface area contributed by atoms with Gasteiger partial charge in [-0.15, -0.1) is 0 Å². The van der Waals surface area contributed by atoms with E-state index in [-0.39, 0.29) is 5.91 Å². The Morgan fingerprint density at radius 3 is 2.81 bits per heavy atom. The lowest BCUT2D eigenvalue weighted by Gasteiger charge is -2.15. The highest BCUT2D eigenvalue weighted by atomic mass is 16.5. The largest absolute Gasteiger partial charge is 0.383 e. The van der Waals surface area contributed by atoms with Gasteiger partial charge in [-0.25, -0.2) is 0 Å². The van der Waals surface area contributed by atoms with E-state index in [9.17, 15) is 4.79 Å². The van der Waals surface area contributed by atoms with E-state index < -0.39 is 0 Å². The van der Waals surface area contributed by atoms with E-state index in [1.165, 1.54) is 12.8 Å². The predicted octanol–water partition coefficient (Wildman–Crippen LogP) is -0.567. The van der Waals surface area contributed by atoms with Crippen molar-refractivity contribution in [3.05, 3.63) is 0 Å². The first-order valence-corrected chi connectivity index (χ1v) is 5.90. The number of methoxy groups -OCH3 is 1. The molecule has 1 aliphatic rings. The fourth-order valence-electron chi connectivity index (χ4n) is 1.51. The molecule has 0 heterocycles. The first-order valence-electron chi connectivity index (χ1n) is 5.90. The first-order chi connectivity index (χ1) is 7.74. The zero-order chi connectivity index (χ0) is 11.8. The molecule has 1 saturated carbocycles. The predicted molar refractivity (Wildman–Crippen MR) is 63.4 cm³/mol. The molecule has 94 valence electrons. The van der Waals surface area contributed by atoms with Crippen molar-refractivity contribution >= 4 is 5.91 Å². The number of nitrogens with one attached hydrogen (secondary N) is 2. The minimum absolute atomic E-state index is 0.0334. The standard InChI is InChI=1S/C11H23N3O2/c1-14(10-3-4-10)7-5-12-9-11(15)13-6-8-16-2/h10,12H,3-9H2,1-2H3,(H,13,15). The molecule has 0 spiro atoms. The first kappa shape index (κ1) is 13.4. The molecule has 0 atom stereocenters. The van der Waals surface area contributed by atoms with Crippen LogP contribution in [0.15, 0.2) is 0 Å². The number of amides is 1. The quantitative estimate of drug-likeness (QED) is 0.520. The number of carbonyl (C=O) groups excluding carboxylic acids is 1. The van der Waals surface area contributed by atoms with Crippen LogP contribution in [-0.2, 0) is 9.53 Å². The normalized spacial score (nSPS) is 15.4. The summed E-state index contributed by atoms with van der Waals surface area (Å²) in [5.74, 6) is 0.0334. The summed E-state index contributed by atoms with van der Waals surface area (Å²) < 4.78 is 4.84. The van der Waals surface area contributed by atoms with Gasteiger partial charge in [-0.1, -0.05) is 0 Å². The molecule has 0 aliphatic heterocycles. The zero-order valence-corrected chi connectivity index (χ0v) is 10.3. The van der Waals surface area contributed by atoms with Gasteiger partial charge in [0.2, 0.25) is 5.91 Å².